The van der Waals surface area contributed by atoms with Crippen molar-refractivity contribution in [1.82, 2.24) is 10.2 Å². The number of carbonyl (C=O) groups is 4. The third kappa shape index (κ3) is 6.37. The molecule has 1 saturated heterocycles. The maximum Gasteiger partial charge on any atom is 0.352 e. The van der Waals surface area contributed by atoms with Crippen LogP contribution in [-0.2, 0) is 19.2 Å². The molecule has 3 rings (SSSR count). The zero-order chi connectivity index (χ0) is 24.9. The molecule has 1 fully saturated rings. The Bertz CT molecular complexity index is 991. The molecule has 2 heterocycles. The molecule has 1 aromatic rings. The summed E-state index contributed by atoms with van der Waals surface area (Å²) in [5, 5.41) is 20.9. The minimum Gasteiger partial charge on any atom is -0.508 e. The summed E-state index contributed by atoms with van der Waals surface area (Å²) in [6.07, 6.45) is 3.39. The van der Waals surface area contributed by atoms with Crippen molar-refractivity contribution >= 4 is 35.5 Å². The first-order valence-corrected chi connectivity index (χ1v) is 11.2. The number of aromatic hydroxyl groups is 1. The van der Waals surface area contributed by atoms with Crippen LogP contribution in [0, 0.1) is 5.92 Å². The minimum absolute atomic E-state index is 0. The van der Waals surface area contributed by atoms with Crippen molar-refractivity contribution in [2.45, 2.75) is 38.2 Å². The molecule has 12 heteroatoms. The molecule has 11 nitrogen and oxygen atoms in total. The van der Waals surface area contributed by atoms with E-state index in [1.807, 2.05) is 0 Å². The molecule has 0 aliphatic carbocycles. The van der Waals surface area contributed by atoms with E-state index in [4.69, 9.17) is 11.5 Å². The monoisotopic (exact) mass is 494 g/mol. The number of nitrogens with one attached hydrogen (secondary N) is 1. The lowest BCUT2D eigenvalue weighted by Gasteiger charge is -2.49. The van der Waals surface area contributed by atoms with Crippen LogP contribution in [0.15, 0.2) is 47.7 Å². The molecule has 0 unspecified atom stereocenters. The van der Waals surface area contributed by atoms with Gasteiger partial charge in [-0.05, 0) is 30.2 Å². The average molecular weight is 495 g/mol. The number of carbonyl (C=O) groups excluding carboxylic acids is 3. The molecule has 9 N–H and O–H groups in total. The Labute approximate surface area is 201 Å². The third-order valence-electron chi connectivity index (χ3n) is 4.97. The van der Waals surface area contributed by atoms with E-state index < -0.39 is 35.2 Å². The van der Waals surface area contributed by atoms with E-state index in [2.05, 4.69) is 5.32 Å². The van der Waals surface area contributed by atoms with Gasteiger partial charge in [0.25, 0.3) is 5.91 Å². The zero-order valence-electron chi connectivity index (χ0n) is 19.0. The van der Waals surface area contributed by atoms with Crippen LogP contribution in [0.4, 0.5) is 0 Å². The number of hydrogen-bond acceptors (Lipinski definition) is 7. The topological polar surface area (TPSA) is 208 Å². The molecule has 2 aliphatic heterocycles. The van der Waals surface area contributed by atoms with Gasteiger partial charge in [-0.25, -0.2) is 4.79 Å². The first-order chi connectivity index (χ1) is 15.5. The second-order valence-electron chi connectivity index (χ2n) is 7.70. The third-order valence-corrected chi connectivity index (χ3v) is 6.27. The summed E-state index contributed by atoms with van der Waals surface area (Å²) in [7, 11) is 0. The largest absolute Gasteiger partial charge is 0.508 e. The van der Waals surface area contributed by atoms with Crippen LogP contribution < -0.4 is 16.8 Å². The van der Waals surface area contributed by atoms with Crippen molar-refractivity contribution in [3.63, 3.8) is 0 Å². The number of thioether (sulfide) groups is 1. The lowest BCUT2D eigenvalue weighted by atomic mass is 10.0. The lowest BCUT2D eigenvalue weighted by Crippen LogP contribution is -2.71. The normalized spacial score (nSPS) is 19.9. The smallest absolute Gasteiger partial charge is 0.352 e. The number of carboxylic acid groups (broad SMARTS) is 1. The molecule has 0 spiro atoms. The van der Waals surface area contributed by atoms with Gasteiger partial charge in [-0.15, -0.1) is 11.8 Å². The molecule has 0 saturated carbocycles. The average Bonchev–Trinajstić information content (AvgIpc) is 2.77. The summed E-state index contributed by atoms with van der Waals surface area (Å²) in [4.78, 5) is 47.7. The van der Waals surface area contributed by atoms with Gasteiger partial charge in [-0.1, -0.05) is 38.1 Å². The van der Waals surface area contributed by atoms with Crippen LogP contribution in [-0.4, -0.2) is 61.4 Å². The maximum absolute atomic E-state index is 12.5. The quantitative estimate of drug-likeness (QED) is 0.339. The summed E-state index contributed by atoms with van der Waals surface area (Å²) in [5.74, 6) is -1.96. The van der Waals surface area contributed by atoms with Crippen molar-refractivity contribution in [2.75, 3.05) is 5.75 Å². The molecule has 2 aliphatic rings. The Balaban J connectivity index is 0.000000735. The van der Waals surface area contributed by atoms with Gasteiger partial charge in [0.15, 0.2) is 0 Å². The van der Waals surface area contributed by atoms with Crippen molar-refractivity contribution in [3.05, 3.63) is 53.3 Å². The van der Waals surface area contributed by atoms with E-state index >= 15 is 0 Å². The number of amides is 3. The Morgan fingerprint density at radius 1 is 1.24 bits per heavy atom. The molecular weight excluding hydrogens is 464 g/mol. The fourth-order valence-corrected chi connectivity index (χ4v) is 4.37. The summed E-state index contributed by atoms with van der Waals surface area (Å²) in [6, 6.07) is 4.06. The molecule has 0 radical (unpaired) electrons. The maximum atomic E-state index is 12.5. The number of phenolic OH excluding ortho intramolecular Hbond substituents is 1. The van der Waals surface area contributed by atoms with Gasteiger partial charge in [-0.2, -0.15) is 0 Å². The van der Waals surface area contributed by atoms with E-state index in [1.54, 1.807) is 32.9 Å². The number of aliphatic carboxylic acids is 1. The summed E-state index contributed by atoms with van der Waals surface area (Å²) in [5.41, 5.74) is 11.7. The first kappa shape index (κ1) is 28.7. The number of nitrogens with two attached hydrogens (primary N) is 2. The van der Waals surface area contributed by atoms with Crippen molar-refractivity contribution in [1.29, 1.82) is 0 Å². The molecule has 0 bridgehead atoms. The van der Waals surface area contributed by atoms with Crippen LogP contribution in [0.5, 0.6) is 5.75 Å². The van der Waals surface area contributed by atoms with Gasteiger partial charge in [0.1, 0.15) is 28.9 Å². The van der Waals surface area contributed by atoms with Gasteiger partial charge in [0.05, 0.1) is 0 Å². The second-order valence-corrected chi connectivity index (χ2v) is 8.81. The molecule has 34 heavy (non-hydrogen) atoms. The van der Waals surface area contributed by atoms with E-state index in [0.717, 1.165) is 0 Å². The lowest BCUT2D eigenvalue weighted by molar-refractivity contribution is -0.150. The number of hydrogen-bond donors (Lipinski definition) is 5. The number of allylic oxidation sites excluding steroid dienone is 2. The number of fused-ring (bicyclic) bond motifs is 1. The molecule has 0 aromatic heterocycles. The van der Waals surface area contributed by atoms with E-state index in [9.17, 15) is 29.4 Å². The van der Waals surface area contributed by atoms with Crippen molar-refractivity contribution < 1.29 is 34.9 Å². The standard InChI is InChI=1S/C18H19N3O5S.C4H9NO.H2O/c1-2-3-10-8-27-17-13(16(24)21(17)14(10)18(25)26)20-15(23)12(19)9-4-6-11(22)7-5-9;1-3(2)4(5)6;/h2-7,12-13,17,22H,8,19H2,1H3,(H,20,23)(H,25,26);3H,1-2H3,(H2,5,6);1H2/b3-2-;;/t12-,13-,17-;;/m1../s1. The molecular formula is C22H30N4O7S. The van der Waals surface area contributed by atoms with Gasteiger partial charge >= 0.3 is 5.97 Å². The van der Waals surface area contributed by atoms with Gasteiger partial charge in [0.2, 0.25) is 11.8 Å². The summed E-state index contributed by atoms with van der Waals surface area (Å²) < 4.78 is 0. The number of rotatable bonds is 6. The van der Waals surface area contributed by atoms with Crippen LogP contribution in [0.3, 0.4) is 0 Å². The summed E-state index contributed by atoms with van der Waals surface area (Å²) >= 11 is 1.39. The predicted molar refractivity (Wildman–Crippen MR) is 127 cm³/mol. The van der Waals surface area contributed by atoms with Crippen molar-refractivity contribution in [2.24, 2.45) is 17.4 Å². The van der Waals surface area contributed by atoms with E-state index in [-0.39, 0.29) is 28.7 Å². The van der Waals surface area contributed by atoms with Gasteiger partial charge in [0, 0.05) is 11.7 Å². The summed E-state index contributed by atoms with van der Waals surface area (Å²) in [6.45, 7) is 5.31. The highest BCUT2D eigenvalue weighted by Crippen LogP contribution is 2.40. The fourth-order valence-electron chi connectivity index (χ4n) is 3.05. The Morgan fingerprint density at radius 2 is 1.79 bits per heavy atom. The van der Waals surface area contributed by atoms with Crippen LogP contribution >= 0.6 is 11.8 Å². The molecule has 186 valence electrons. The van der Waals surface area contributed by atoms with Gasteiger partial charge in [-0.3, -0.25) is 19.3 Å². The zero-order valence-corrected chi connectivity index (χ0v) is 19.8. The van der Waals surface area contributed by atoms with Crippen LogP contribution in [0.25, 0.3) is 0 Å². The van der Waals surface area contributed by atoms with E-state index in [1.165, 1.54) is 40.9 Å². The highest BCUT2D eigenvalue weighted by atomic mass is 32.2. The number of carboxylic acids is 1. The van der Waals surface area contributed by atoms with E-state index in [0.29, 0.717) is 16.9 Å². The second kappa shape index (κ2) is 12.2. The Morgan fingerprint density at radius 3 is 2.26 bits per heavy atom. The number of nitrogens with zero attached hydrogens (tertiary/aromatic N) is 1. The number of primary amides is 1. The first-order valence-electron chi connectivity index (χ1n) is 10.2. The number of benzene rings is 1. The SMILES string of the molecule is C/C=C\C1=C(C(=O)O)N2C(=O)[C@@H](NC(=O)[C@H](N)c3ccc(O)cc3)[C@H]2SC1.CC(C)C(N)=O.O. The van der Waals surface area contributed by atoms with Crippen LogP contribution in [0.2, 0.25) is 0 Å². The molecule has 3 amide bonds. The molecule has 3 atom stereocenters. The number of β-lactam (4-membered cyclic amide) rings is 1. The van der Waals surface area contributed by atoms with Gasteiger partial charge < -0.3 is 32.5 Å². The van der Waals surface area contributed by atoms with Crippen LogP contribution in [0.1, 0.15) is 32.4 Å². The highest BCUT2D eigenvalue weighted by molar-refractivity contribution is 8.00. The molecule has 1 aromatic carbocycles. The fraction of sp³-hybridized carbons (Fsp3) is 0.364. The Hall–Kier alpha value is -3.35. The highest BCUT2D eigenvalue weighted by Gasteiger charge is 2.54. The number of phenols is 1. The Kier molecular flexibility index (Phi) is 10.3. The minimum atomic E-state index is -1.17. The van der Waals surface area contributed by atoms with Crippen molar-refractivity contribution in [3.8, 4) is 5.75 Å². The predicted octanol–water partition coefficient (Wildman–Crippen LogP) is 0.00970.